The summed E-state index contributed by atoms with van der Waals surface area (Å²) in [4.78, 5) is 9.88. The van der Waals surface area contributed by atoms with Crippen LogP contribution in [0.5, 0.6) is 0 Å². The van der Waals surface area contributed by atoms with Gasteiger partial charge in [-0.15, -0.1) is 11.6 Å². The number of alkyl halides is 1. The van der Waals surface area contributed by atoms with Crippen molar-refractivity contribution in [2.75, 3.05) is 5.88 Å². The summed E-state index contributed by atoms with van der Waals surface area (Å²) < 4.78 is 0. The highest BCUT2D eigenvalue weighted by atomic mass is 35.5. The fourth-order valence-electron chi connectivity index (χ4n) is 0.933. The lowest BCUT2D eigenvalue weighted by atomic mass is 10.0. The van der Waals surface area contributed by atoms with Crippen molar-refractivity contribution in [1.29, 1.82) is 0 Å². The van der Waals surface area contributed by atoms with E-state index in [9.17, 15) is 10.1 Å². The van der Waals surface area contributed by atoms with Crippen LogP contribution in [0.4, 0.5) is 0 Å². The van der Waals surface area contributed by atoms with Gasteiger partial charge in [0, 0.05) is 18.4 Å². The van der Waals surface area contributed by atoms with Gasteiger partial charge in [-0.25, -0.2) is 0 Å². The van der Waals surface area contributed by atoms with Crippen molar-refractivity contribution < 1.29 is 4.92 Å². The van der Waals surface area contributed by atoms with Crippen molar-refractivity contribution in [2.45, 2.75) is 12.8 Å². The van der Waals surface area contributed by atoms with E-state index in [4.69, 9.17) is 11.6 Å². The van der Waals surface area contributed by atoms with E-state index < -0.39 is 0 Å². The third kappa shape index (κ3) is 2.05. The molecule has 0 aromatic carbocycles. The number of nitro groups is 1. The number of hydrogen-bond donors (Lipinski definition) is 0. The maximum atomic E-state index is 10.2. The van der Waals surface area contributed by atoms with E-state index >= 15 is 0 Å². The zero-order valence-corrected chi connectivity index (χ0v) is 6.67. The topological polar surface area (TPSA) is 43.1 Å². The molecule has 60 valence electrons. The van der Waals surface area contributed by atoms with E-state index in [1.54, 1.807) is 6.08 Å². The van der Waals surface area contributed by atoms with E-state index in [1.807, 2.05) is 0 Å². The molecule has 0 saturated heterocycles. The summed E-state index contributed by atoms with van der Waals surface area (Å²) in [5.41, 5.74) is 1.34. The van der Waals surface area contributed by atoms with Gasteiger partial charge in [0.2, 0.25) is 5.70 Å². The Hall–Kier alpha value is -0.830. The molecule has 1 aliphatic carbocycles. The maximum Gasteiger partial charge on any atom is 0.246 e. The van der Waals surface area contributed by atoms with Gasteiger partial charge < -0.3 is 0 Å². The number of allylic oxidation sites excluding steroid dienone is 4. The molecule has 0 aromatic heterocycles. The molecule has 0 saturated carbocycles. The zero-order chi connectivity index (χ0) is 8.27. The Kier molecular flexibility index (Phi) is 2.65. The Bertz CT molecular complexity index is 233. The summed E-state index contributed by atoms with van der Waals surface area (Å²) in [6.07, 6.45) is 4.48. The molecule has 4 heteroatoms. The molecule has 0 atom stereocenters. The molecule has 0 bridgehead atoms. The fourth-order valence-corrected chi connectivity index (χ4v) is 1.16. The van der Waals surface area contributed by atoms with Crippen LogP contribution in [-0.4, -0.2) is 10.8 Å². The van der Waals surface area contributed by atoms with Crippen LogP contribution in [0.15, 0.2) is 23.4 Å². The quantitative estimate of drug-likeness (QED) is 0.365. The molecule has 0 spiro atoms. The van der Waals surface area contributed by atoms with Gasteiger partial charge in [0.15, 0.2) is 0 Å². The molecule has 0 unspecified atom stereocenters. The van der Waals surface area contributed by atoms with Crippen molar-refractivity contribution in [3.63, 3.8) is 0 Å². The number of hydrogen-bond acceptors (Lipinski definition) is 2. The molecule has 0 aromatic rings. The minimum absolute atomic E-state index is 0.277. The second-order valence-corrected chi connectivity index (χ2v) is 2.64. The van der Waals surface area contributed by atoms with Crippen molar-refractivity contribution in [3.8, 4) is 0 Å². The van der Waals surface area contributed by atoms with Crippen molar-refractivity contribution >= 4 is 11.6 Å². The normalized spacial score (nSPS) is 17.2. The largest absolute Gasteiger partial charge is 0.259 e. The van der Waals surface area contributed by atoms with Gasteiger partial charge in [-0.3, -0.25) is 10.1 Å². The Morgan fingerprint density at radius 1 is 1.55 bits per heavy atom. The highest BCUT2D eigenvalue weighted by Gasteiger charge is 2.13. The van der Waals surface area contributed by atoms with Gasteiger partial charge in [0.25, 0.3) is 0 Å². The van der Waals surface area contributed by atoms with Crippen LogP contribution in [-0.2, 0) is 0 Å². The second-order valence-electron chi connectivity index (χ2n) is 2.37. The number of rotatable bonds is 2. The Labute approximate surface area is 69.5 Å². The number of nitrogens with zero attached hydrogens (tertiary/aromatic N) is 1. The summed E-state index contributed by atoms with van der Waals surface area (Å²) in [6.45, 7) is 0. The molecule has 0 radical (unpaired) electrons. The molecule has 0 N–H and O–H groups in total. The zero-order valence-electron chi connectivity index (χ0n) is 5.92. The second kappa shape index (κ2) is 3.53. The van der Waals surface area contributed by atoms with Crippen molar-refractivity contribution in [1.82, 2.24) is 0 Å². The van der Waals surface area contributed by atoms with Crippen LogP contribution < -0.4 is 0 Å². The van der Waals surface area contributed by atoms with Crippen LogP contribution in [0, 0.1) is 10.1 Å². The van der Waals surface area contributed by atoms with Crippen LogP contribution in [0.3, 0.4) is 0 Å². The van der Waals surface area contributed by atoms with E-state index in [2.05, 4.69) is 0 Å². The van der Waals surface area contributed by atoms with Crippen LogP contribution in [0.1, 0.15) is 12.8 Å². The first-order valence-electron chi connectivity index (χ1n) is 3.33. The Morgan fingerprint density at radius 3 is 2.64 bits per heavy atom. The van der Waals surface area contributed by atoms with E-state index in [0.29, 0.717) is 12.3 Å². The van der Waals surface area contributed by atoms with Crippen molar-refractivity contribution in [2.24, 2.45) is 0 Å². The highest BCUT2D eigenvalue weighted by Crippen LogP contribution is 2.18. The van der Waals surface area contributed by atoms with Gasteiger partial charge in [-0.2, -0.15) is 0 Å². The lowest BCUT2D eigenvalue weighted by Gasteiger charge is -2.05. The minimum atomic E-state index is -0.346. The first-order valence-corrected chi connectivity index (χ1v) is 3.86. The van der Waals surface area contributed by atoms with Crippen molar-refractivity contribution in [3.05, 3.63) is 33.5 Å². The van der Waals surface area contributed by atoms with Gasteiger partial charge in [0.05, 0.1) is 4.92 Å². The summed E-state index contributed by atoms with van der Waals surface area (Å²) in [6, 6.07) is 0. The average Bonchev–Trinajstić information content (AvgIpc) is 2.05. The Balaban J connectivity index is 2.69. The number of halogens is 1. The monoisotopic (exact) mass is 173 g/mol. The first-order chi connectivity index (χ1) is 5.24. The molecule has 0 aliphatic heterocycles. The molecule has 0 amide bonds. The van der Waals surface area contributed by atoms with E-state index in [1.165, 1.54) is 6.08 Å². The molecule has 1 aliphatic rings. The smallest absolute Gasteiger partial charge is 0.246 e. The third-order valence-corrected chi connectivity index (χ3v) is 1.96. The predicted molar refractivity (Wildman–Crippen MR) is 43.1 cm³/mol. The SMILES string of the molecule is O=[N+]([O-])C1=CC=C(CCl)CC1. The lowest BCUT2D eigenvalue weighted by molar-refractivity contribution is -0.428. The average molecular weight is 174 g/mol. The summed E-state index contributed by atoms with van der Waals surface area (Å²) in [5.74, 6) is 0.474. The van der Waals surface area contributed by atoms with Crippen LogP contribution in [0.25, 0.3) is 0 Å². The molecule has 11 heavy (non-hydrogen) atoms. The van der Waals surface area contributed by atoms with Gasteiger partial charge in [0.1, 0.15) is 0 Å². The fraction of sp³-hybridized carbons (Fsp3) is 0.429. The molecule has 3 nitrogen and oxygen atoms in total. The summed E-state index contributed by atoms with van der Waals surface area (Å²) >= 11 is 5.54. The third-order valence-electron chi connectivity index (χ3n) is 1.62. The standard InChI is InChI=1S/C7H8ClNO2/c8-5-6-1-3-7(4-2-6)9(10)11/h1,3H,2,4-5H2. The molecular formula is C7H8ClNO2. The summed E-state index contributed by atoms with van der Waals surface area (Å²) in [5, 5.41) is 10.2. The molecular weight excluding hydrogens is 166 g/mol. The van der Waals surface area contributed by atoms with Crippen LogP contribution >= 0.6 is 11.6 Å². The molecule has 0 fully saturated rings. The van der Waals surface area contributed by atoms with Gasteiger partial charge in [-0.05, 0) is 6.42 Å². The van der Waals surface area contributed by atoms with E-state index in [-0.39, 0.29) is 10.6 Å². The molecule has 0 heterocycles. The van der Waals surface area contributed by atoms with Gasteiger partial charge >= 0.3 is 0 Å². The summed E-state index contributed by atoms with van der Waals surface area (Å²) in [7, 11) is 0. The maximum absolute atomic E-state index is 10.2. The first kappa shape index (κ1) is 8.27. The predicted octanol–water partition coefficient (Wildman–Crippen LogP) is 2.11. The van der Waals surface area contributed by atoms with Crippen LogP contribution in [0.2, 0.25) is 0 Å². The highest BCUT2D eigenvalue weighted by molar-refractivity contribution is 6.19. The minimum Gasteiger partial charge on any atom is -0.259 e. The van der Waals surface area contributed by atoms with Gasteiger partial charge in [-0.1, -0.05) is 11.6 Å². The lowest BCUT2D eigenvalue weighted by Crippen LogP contribution is -2.02. The Morgan fingerprint density at radius 2 is 2.27 bits per heavy atom. The molecule has 1 rings (SSSR count). The van der Waals surface area contributed by atoms with E-state index in [0.717, 1.165) is 12.0 Å².